The first kappa shape index (κ1) is 12.5. The first-order valence-corrected chi connectivity index (χ1v) is 6.33. The van der Waals surface area contributed by atoms with Crippen LogP contribution in [0.2, 0.25) is 0 Å². The lowest BCUT2D eigenvalue weighted by Crippen LogP contribution is -1.81. The molecule has 1 aromatic carbocycles. The third kappa shape index (κ3) is 2.95. The highest BCUT2D eigenvalue weighted by Crippen LogP contribution is 2.27. The van der Waals surface area contributed by atoms with Gasteiger partial charge in [-0.05, 0) is 27.5 Å². The van der Waals surface area contributed by atoms with E-state index in [2.05, 4.69) is 23.6 Å². The molecule has 0 atom stereocenters. The minimum Gasteiger partial charge on any atom is -0.198 e. The number of nitrogens with zero attached hydrogens (tertiary/aromatic N) is 1. The van der Waals surface area contributed by atoms with Crippen LogP contribution in [0.15, 0.2) is 41.1 Å². The maximum absolute atomic E-state index is 8.66. The largest absolute Gasteiger partial charge is 0.198 e. The summed E-state index contributed by atoms with van der Waals surface area (Å²) in [5.41, 5.74) is 3.51. The number of hydrogen-bond acceptors (Lipinski definition) is 2. The van der Waals surface area contributed by atoms with E-state index in [1.54, 1.807) is 11.3 Å². The van der Waals surface area contributed by atoms with Crippen molar-refractivity contribution in [1.82, 2.24) is 0 Å². The molecule has 2 rings (SSSR count). The summed E-state index contributed by atoms with van der Waals surface area (Å²) in [5.74, 6) is 0. The van der Waals surface area contributed by atoms with Gasteiger partial charge in [0.1, 0.15) is 0 Å². The summed E-state index contributed by atoms with van der Waals surface area (Å²) in [6, 6.07) is 12.4. The van der Waals surface area contributed by atoms with E-state index in [1.807, 2.05) is 37.4 Å². The van der Waals surface area contributed by atoms with Crippen LogP contribution < -0.4 is 0 Å². The van der Waals surface area contributed by atoms with Gasteiger partial charge in [-0.15, -0.1) is 0 Å². The van der Waals surface area contributed by atoms with Crippen molar-refractivity contribution in [3.05, 3.63) is 46.7 Å². The number of hydrogen-bond donors (Lipinski definition) is 0. The summed E-state index contributed by atoms with van der Waals surface area (Å²) in [4.78, 5) is 0. The van der Waals surface area contributed by atoms with Gasteiger partial charge in [-0.25, -0.2) is 0 Å². The molecule has 0 bridgehead atoms. The first-order chi connectivity index (χ1) is 7.92. The Labute approximate surface area is 101 Å². The molecule has 1 heterocycles. The third-order valence-corrected chi connectivity index (χ3v) is 2.89. The lowest BCUT2D eigenvalue weighted by atomic mass is 10.0. The van der Waals surface area contributed by atoms with E-state index in [-0.39, 0.29) is 0 Å². The number of benzene rings is 1. The van der Waals surface area contributed by atoms with Gasteiger partial charge in [0.2, 0.25) is 0 Å². The van der Waals surface area contributed by atoms with Gasteiger partial charge < -0.3 is 0 Å². The van der Waals surface area contributed by atoms with Gasteiger partial charge in [0, 0.05) is 0 Å². The van der Waals surface area contributed by atoms with E-state index in [4.69, 9.17) is 5.26 Å². The molecule has 0 saturated carbocycles. The van der Waals surface area contributed by atoms with Crippen molar-refractivity contribution >= 4 is 11.3 Å². The van der Waals surface area contributed by atoms with Crippen LogP contribution in [0.4, 0.5) is 0 Å². The Balaban J connectivity index is 0.000000606. The van der Waals surface area contributed by atoms with E-state index in [1.165, 1.54) is 11.1 Å². The maximum Gasteiger partial charge on any atom is 0.0670 e. The summed E-state index contributed by atoms with van der Waals surface area (Å²) in [6.45, 7) is 4.00. The Morgan fingerprint density at radius 2 is 1.81 bits per heavy atom. The third-order valence-electron chi connectivity index (χ3n) is 2.10. The SMILES string of the molecule is CC.N#CCc1cscc1-c1ccccc1. The molecule has 1 aromatic heterocycles. The predicted octanol–water partition coefficient (Wildman–Crippen LogP) is 4.51. The van der Waals surface area contributed by atoms with Crippen LogP contribution in [0.5, 0.6) is 0 Å². The highest BCUT2D eigenvalue weighted by Gasteiger charge is 2.04. The topological polar surface area (TPSA) is 23.8 Å². The van der Waals surface area contributed by atoms with E-state index in [0.29, 0.717) is 6.42 Å². The molecule has 82 valence electrons. The molecule has 0 fully saturated rings. The zero-order chi connectivity index (χ0) is 11.8. The fourth-order valence-corrected chi connectivity index (χ4v) is 2.28. The second kappa shape index (κ2) is 6.81. The highest BCUT2D eigenvalue weighted by molar-refractivity contribution is 7.08. The number of thiophene rings is 1. The van der Waals surface area contributed by atoms with E-state index < -0.39 is 0 Å². The average molecular weight is 229 g/mol. The van der Waals surface area contributed by atoms with Crippen molar-refractivity contribution in [2.45, 2.75) is 20.3 Å². The van der Waals surface area contributed by atoms with Gasteiger partial charge in [-0.3, -0.25) is 0 Å². The van der Waals surface area contributed by atoms with Crippen LogP contribution in [0.1, 0.15) is 19.4 Å². The van der Waals surface area contributed by atoms with E-state index in [0.717, 1.165) is 5.56 Å². The lowest BCUT2D eigenvalue weighted by Gasteiger charge is -1.99. The van der Waals surface area contributed by atoms with Gasteiger partial charge in [-0.1, -0.05) is 44.2 Å². The molecule has 0 saturated heterocycles. The maximum atomic E-state index is 8.66. The molecule has 0 amide bonds. The van der Waals surface area contributed by atoms with Crippen molar-refractivity contribution < 1.29 is 0 Å². The first-order valence-electron chi connectivity index (χ1n) is 5.39. The molecule has 0 spiro atoms. The zero-order valence-electron chi connectivity index (χ0n) is 9.60. The normalized spacial score (nSPS) is 8.81. The Hall–Kier alpha value is -1.59. The summed E-state index contributed by atoms with van der Waals surface area (Å²) in [7, 11) is 0. The molecule has 16 heavy (non-hydrogen) atoms. The van der Waals surface area contributed by atoms with E-state index >= 15 is 0 Å². The Kier molecular flexibility index (Phi) is 5.31. The van der Waals surface area contributed by atoms with Crippen molar-refractivity contribution in [2.24, 2.45) is 0 Å². The predicted molar refractivity (Wildman–Crippen MR) is 70.4 cm³/mol. The minimum atomic E-state index is 0.494. The smallest absolute Gasteiger partial charge is 0.0670 e. The molecule has 0 radical (unpaired) electrons. The lowest BCUT2D eigenvalue weighted by molar-refractivity contribution is 1.29. The van der Waals surface area contributed by atoms with Crippen molar-refractivity contribution in [1.29, 1.82) is 5.26 Å². The Morgan fingerprint density at radius 1 is 1.12 bits per heavy atom. The number of rotatable bonds is 2. The summed E-state index contributed by atoms with van der Waals surface area (Å²) in [5, 5.41) is 12.8. The second-order valence-corrected chi connectivity index (χ2v) is 3.76. The second-order valence-electron chi connectivity index (χ2n) is 3.01. The molecule has 2 heteroatoms. The van der Waals surface area contributed by atoms with Gasteiger partial charge in [0.25, 0.3) is 0 Å². The molecular formula is C14H15NS. The van der Waals surface area contributed by atoms with Crippen molar-refractivity contribution in [2.75, 3.05) is 0 Å². The van der Waals surface area contributed by atoms with Gasteiger partial charge in [0.05, 0.1) is 12.5 Å². The van der Waals surface area contributed by atoms with Crippen LogP contribution in [-0.2, 0) is 6.42 Å². The fraction of sp³-hybridized carbons (Fsp3) is 0.214. The van der Waals surface area contributed by atoms with Crippen LogP contribution in [0.3, 0.4) is 0 Å². The van der Waals surface area contributed by atoms with Crippen LogP contribution >= 0.6 is 11.3 Å². The molecule has 0 unspecified atom stereocenters. The minimum absolute atomic E-state index is 0.494. The van der Waals surface area contributed by atoms with Gasteiger partial charge in [0.15, 0.2) is 0 Å². The number of nitriles is 1. The molecule has 2 aromatic rings. The average Bonchev–Trinajstić information content (AvgIpc) is 2.82. The highest BCUT2D eigenvalue weighted by atomic mass is 32.1. The Bertz CT molecular complexity index is 451. The van der Waals surface area contributed by atoms with Crippen LogP contribution in [-0.4, -0.2) is 0 Å². The molecule has 0 aliphatic carbocycles. The van der Waals surface area contributed by atoms with E-state index in [9.17, 15) is 0 Å². The molecule has 0 aliphatic heterocycles. The fourth-order valence-electron chi connectivity index (χ4n) is 1.42. The van der Waals surface area contributed by atoms with Gasteiger partial charge >= 0.3 is 0 Å². The Morgan fingerprint density at radius 3 is 2.44 bits per heavy atom. The van der Waals surface area contributed by atoms with Crippen molar-refractivity contribution in [3.8, 4) is 17.2 Å². The molecular weight excluding hydrogens is 214 g/mol. The van der Waals surface area contributed by atoms with Crippen molar-refractivity contribution in [3.63, 3.8) is 0 Å². The van der Waals surface area contributed by atoms with Crippen LogP contribution in [0.25, 0.3) is 11.1 Å². The summed E-state index contributed by atoms with van der Waals surface area (Å²) in [6.07, 6.45) is 0.494. The zero-order valence-corrected chi connectivity index (χ0v) is 10.4. The molecule has 0 N–H and O–H groups in total. The summed E-state index contributed by atoms with van der Waals surface area (Å²) >= 11 is 1.65. The molecule has 0 aliphatic rings. The standard InChI is InChI=1S/C12H9NS.C2H6/c13-7-6-11-8-14-9-12(11)10-4-2-1-3-5-10;1-2/h1-5,8-9H,6H2;1-2H3. The molecule has 1 nitrogen and oxygen atoms in total. The van der Waals surface area contributed by atoms with Gasteiger partial charge in [-0.2, -0.15) is 16.6 Å². The van der Waals surface area contributed by atoms with Crippen LogP contribution in [0, 0.1) is 11.3 Å². The monoisotopic (exact) mass is 229 g/mol. The quantitative estimate of drug-likeness (QED) is 0.743. The summed E-state index contributed by atoms with van der Waals surface area (Å²) < 4.78 is 0.